The molecule has 1 aromatic carbocycles. The van der Waals surface area contributed by atoms with E-state index in [0.29, 0.717) is 0 Å². The first kappa shape index (κ1) is 22.1. The molecule has 0 unspecified atom stereocenters. The van der Waals surface area contributed by atoms with Crippen molar-refractivity contribution in [3.63, 3.8) is 0 Å². The quantitative estimate of drug-likeness (QED) is 0.580. The monoisotopic (exact) mass is 440 g/mol. The van der Waals surface area contributed by atoms with Crippen molar-refractivity contribution in [2.24, 2.45) is 0 Å². The molecule has 0 saturated heterocycles. The Labute approximate surface area is 181 Å². The lowest BCUT2D eigenvalue weighted by molar-refractivity contribution is -0.120. The lowest BCUT2D eigenvalue weighted by Crippen LogP contribution is -2.37. The van der Waals surface area contributed by atoms with Crippen molar-refractivity contribution in [2.75, 3.05) is 4.90 Å². The third-order valence-corrected chi connectivity index (χ3v) is 6.28. The number of rotatable bonds is 3. The number of hydrogen-bond donors (Lipinski definition) is 1. The van der Waals surface area contributed by atoms with E-state index in [4.69, 9.17) is 23.2 Å². The first-order valence-electron chi connectivity index (χ1n) is 10.5. The number of nitrogens with one attached hydrogen (secondary N) is 1. The normalized spacial score (nSPS) is 20.6. The molecular formula is C22H27Cl2FN2O2. The van der Waals surface area contributed by atoms with Gasteiger partial charge in [-0.2, -0.15) is 0 Å². The fraction of sp³-hybridized carbons (Fsp3) is 0.545. The molecule has 0 aromatic heterocycles. The van der Waals surface area contributed by atoms with Gasteiger partial charge in [-0.1, -0.05) is 81.0 Å². The molecule has 1 heterocycles. The van der Waals surface area contributed by atoms with Crippen molar-refractivity contribution in [1.82, 2.24) is 5.32 Å². The van der Waals surface area contributed by atoms with Gasteiger partial charge in [-0.05, 0) is 31.0 Å². The number of nitrogens with zero attached hydrogens (tertiary/aromatic N) is 1. The van der Waals surface area contributed by atoms with Gasteiger partial charge in [-0.25, -0.2) is 9.29 Å². The van der Waals surface area contributed by atoms with Gasteiger partial charge in [-0.3, -0.25) is 9.59 Å². The molecule has 3 rings (SSSR count). The third-order valence-electron chi connectivity index (χ3n) is 5.64. The van der Waals surface area contributed by atoms with Crippen molar-refractivity contribution < 1.29 is 14.0 Å². The summed E-state index contributed by atoms with van der Waals surface area (Å²) < 4.78 is 13.5. The molecule has 2 aliphatic rings. The summed E-state index contributed by atoms with van der Waals surface area (Å²) in [7, 11) is 0. The van der Waals surface area contributed by atoms with Gasteiger partial charge in [0.05, 0.1) is 10.7 Å². The van der Waals surface area contributed by atoms with E-state index in [2.05, 4.69) is 5.32 Å². The number of imide groups is 1. The number of benzene rings is 1. The number of carbonyl (C=O) groups is 2. The lowest BCUT2D eigenvalue weighted by atomic mass is 9.98. The molecule has 0 spiro atoms. The van der Waals surface area contributed by atoms with Gasteiger partial charge >= 0.3 is 0 Å². The van der Waals surface area contributed by atoms with Crippen LogP contribution >= 0.6 is 23.2 Å². The fourth-order valence-corrected chi connectivity index (χ4v) is 4.39. The molecule has 0 atom stereocenters. The minimum absolute atomic E-state index is 0.103. The minimum atomic E-state index is -0.616. The predicted molar refractivity (Wildman–Crippen MR) is 114 cm³/mol. The lowest BCUT2D eigenvalue weighted by Gasteiger charge is -2.21. The second kappa shape index (κ2) is 10.4. The molecule has 29 heavy (non-hydrogen) atoms. The van der Waals surface area contributed by atoms with Crippen LogP contribution < -0.4 is 10.2 Å². The zero-order valence-corrected chi connectivity index (χ0v) is 18.0. The maximum absolute atomic E-state index is 13.5. The molecule has 1 aliphatic heterocycles. The van der Waals surface area contributed by atoms with E-state index in [0.717, 1.165) is 36.6 Å². The van der Waals surface area contributed by atoms with E-state index in [-0.39, 0.29) is 27.5 Å². The number of halogens is 3. The van der Waals surface area contributed by atoms with Crippen molar-refractivity contribution in [1.29, 1.82) is 0 Å². The Morgan fingerprint density at radius 2 is 1.41 bits per heavy atom. The van der Waals surface area contributed by atoms with Crippen molar-refractivity contribution in [3.8, 4) is 0 Å². The number of anilines is 1. The third kappa shape index (κ3) is 5.52. The van der Waals surface area contributed by atoms with Gasteiger partial charge in [-0.15, -0.1) is 0 Å². The zero-order valence-electron chi connectivity index (χ0n) is 16.5. The molecule has 1 aromatic rings. The molecule has 1 fully saturated rings. The van der Waals surface area contributed by atoms with E-state index in [1.165, 1.54) is 57.1 Å². The fourth-order valence-electron chi connectivity index (χ4n) is 4.00. The summed E-state index contributed by atoms with van der Waals surface area (Å²) in [6.07, 6.45) is 12.8. The predicted octanol–water partition coefficient (Wildman–Crippen LogP) is 6.07. The summed E-state index contributed by atoms with van der Waals surface area (Å²) >= 11 is 12.1. The Balaban J connectivity index is 1.71. The molecule has 4 nitrogen and oxygen atoms in total. The highest BCUT2D eigenvalue weighted by molar-refractivity contribution is 6.52. The van der Waals surface area contributed by atoms with Crippen molar-refractivity contribution in [3.05, 3.63) is 39.8 Å². The summed E-state index contributed by atoms with van der Waals surface area (Å²) in [5, 5.41) is 2.98. The van der Waals surface area contributed by atoms with Crippen LogP contribution in [0.15, 0.2) is 28.9 Å². The summed E-state index contributed by atoms with van der Waals surface area (Å²) in [4.78, 5) is 26.5. The molecule has 158 valence electrons. The average molecular weight is 441 g/mol. The van der Waals surface area contributed by atoms with Gasteiger partial charge in [0.1, 0.15) is 16.5 Å². The number of amides is 2. The average Bonchev–Trinajstić information content (AvgIpc) is 2.89. The molecule has 7 heteroatoms. The Morgan fingerprint density at radius 3 is 1.97 bits per heavy atom. The van der Waals surface area contributed by atoms with Gasteiger partial charge < -0.3 is 5.32 Å². The smallest absolute Gasteiger partial charge is 0.283 e. The van der Waals surface area contributed by atoms with Gasteiger partial charge in [0.25, 0.3) is 11.8 Å². The van der Waals surface area contributed by atoms with Crippen molar-refractivity contribution >= 4 is 40.7 Å². The van der Waals surface area contributed by atoms with Crippen LogP contribution in [0.2, 0.25) is 5.02 Å². The van der Waals surface area contributed by atoms with Crippen LogP contribution in [0.3, 0.4) is 0 Å². The Morgan fingerprint density at radius 1 is 0.862 bits per heavy atom. The molecule has 2 amide bonds. The van der Waals surface area contributed by atoms with E-state index in [9.17, 15) is 14.0 Å². The van der Waals surface area contributed by atoms with E-state index >= 15 is 0 Å². The summed E-state index contributed by atoms with van der Waals surface area (Å²) in [5.41, 5.74) is 0.342. The van der Waals surface area contributed by atoms with Crippen LogP contribution in [0.1, 0.15) is 70.6 Å². The topological polar surface area (TPSA) is 49.4 Å². The van der Waals surface area contributed by atoms with Crippen LogP contribution in [-0.2, 0) is 9.59 Å². The van der Waals surface area contributed by atoms with Crippen LogP contribution in [0.5, 0.6) is 0 Å². The molecule has 1 aliphatic carbocycles. The SMILES string of the molecule is O=C1C(Cl)=C(NC2CCCCCCCCCCC2)C(=O)N1c1ccc(F)c(Cl)c1. The highest BCUT2D eigenvalue weighted by Crippen LogP contribution is 2.31. The standard InChI is InChI=1S/C22H27Cl2FN2O2/c23-17-14-16(12-13-18(17)25)27-21(28)19(24)20(22(27)29)26-15-10-8-6-4-2-1-3-5-7-9-11-15/h12-15,26H,1-11H2. The maximum atomic E-state index is 13.5. The van der Waals surface area contributed by atoms with Crippen LogP contribution in [0.4, 0.5) is 10.1 Å². The largest absolute Gasteiger partial charge is 0.376 e. The molecule has 0 bridgehead atoms. The second-order valence-corrected chi connectivity index (χ2v) is 8.62. The second-order valence-electron chi connectivity index (χ2n) is 7.83. The van der Waals surface area contributed by atoms with E-state index in [1.54, 1.807) is 0 Å². The van der Waals surface area contributed by atoms with E-state index < -0.39 is 17.6 Å². The molecule has 0 radical (unpaired) electrons. The highest BCUT2D eigenvalue weighted by atomic mass is 35.5. The Hall–Kier alpha value is -1.59. The minimum Gasteiger partial charge on any atom is -0.376 e. The first-order chi connectivity index (χ1) is 14.0. The zero-order chi connectivity index (χ0) is 20.8. The van der Waals surface area contributed by atoms with E-state index in [1.807, 2.05) is 0 Å². The van der Waals surface area contributed by atoms with Crippen molar-refractivity contribution in [2.45, 2.75) is 76.7 Å². The molecule has 1 N–H and O–H groups in total. The summed E-state index contributed by atoms with van der Waals surface area (Å²) in [6.45, 7) is 0. The molecule has 1 saturated carbocycles. The Bertz CT molecular complexity index is 785. The van der Waals surface area contributed by atoms with Gasteiger partial charge in [0.15, 0.2) is 0 Å². The highest BCUT2D eigenvalue weighted by Gasteiger charge is 2.39. The van der Waals surface area contributed by atoms with Crippen LogP contribution in [-0.4, -0.2) is 17.9 Å². The summed E-state index contributed by atoms with van der Waals surface area (Å²) in [6, 6.07) is 3.84. The Kier molecular flexibility index (Phi) is 7.96. The maximum Gasteiger partial charge on any atom is 0.283 e. The van der Waals surface area contributed by atoms with Gasteiger partial charge in [0.2, 0.25) is 0 Å². The van der Waals surface area contributed by atoms with Gasteiger partial charge in [0, 0.05) is 6.04 Å². The van der Waals surface area contributed by atoms with Crippen LogP contribution in [0.25, 0.3) is 0 Å². The first-order valence-corrected chi connectivity index (χ1v) is 11.2. The number of carbonyl (C=O) groups excluding carboxylic acids is 2. The number of hydrogen-bond acceptors (Lipinski definition) is 3. The molecular weight excluding hydrogens is 414 g/mol. The van der Waals surface area contributed by atoms with Crippen LogP contribution in [0, 0.1) is 5.82 Å². The summed E-state index contributed by atoms with van der Waals surface area (Å²) in [5.74, 6) is -1.75.